The van der Waals surface area contributed by atoms with E-state index in [4.69, 9.17) is 5.73 Å². The highest BCUT2D eigenvalue weighted by Crippen LogP contribution is 2.32. The monoisotopic (exact) mass is 270 g/mol. The molecule has 1 aliphatic carbocycles. The first kappa shape index (κ1) is 13.3. The first-order valence-corrected chi connectivity index (χ1v) is 7.47. The van der Waals surface area contributed by atoms with Crippen molar-refractivity contribution in [3.05, 3.63) is 36.2 Å². The van der Waals surface area contributed by atoms with Gasteiger partial charge in [-0.05, 0) is 18.8 Å². The quantitative estimate of drug-likeness (QED) is 0.932. The second-order valence-corrected chi connectivity index (χ2v) is 5.71. The molecule has 0 aliphatic heterocycles. The third-order valence-corrected chi connectivity index (χ3v) is 4.28. The van der Waals surface area contributed by atoms with Gasteiger partial charge in [0.15, 0.2) is 5.82 Å². The lowest BCUT2D eigenvalue weighted by Crippen LogP contribution is -2.26. The zero-order valence-corrected chi connectivity index (χ0v) is 12.0. The third-order valence-electron chi connectivity index (χ3n) is 4.28. The minimum absolute atomic E-state index is 0.00487. The van der Waals surface area contributed by atoms with Crippen LogP contribution in [0.2, 0.25) is 0 Å². The van der Waals surface area contributed by atoms with Crippen LogP contribution in [0.3, 0.4) is 0 Å². The van der Waals surface area contributed by atoms with E-state index in [0.29, 0.717) is 5.92 Å². The number of nitrogens with two attached hydrogens (primary N) is 1. The second kappa shape index (κ2) is 5.75. The Kier molecular flexibility index (Phi) is 3.83. The summed E-state index contributed by atoms with van der Waals surface area (Å²) < 4.78 is 1.85. The maximum Gasteiger partial charge on any atom is 0.181 e. The molecule has 1 aliphatic rings. The molecule has 1 saturated carbocycles. The van der Waals surface area contributed by atoms with E-state index in [9.17, 15) is 0 Å². The lowest BCUT2D eigenvalue weighted by atomic mass is 9.84. The predicted molar refractivity (Wildman–Crippen MR) is 79.9 cm³/mol. The predicted octanol–water partition coefficient (Wildman–Crippen LogP) is 3.06. The van der Waals surface area contributed by atoms with Crippen LogP contribution in [-0.2, 0) is 7.05 Å². The molecule has 4 heteroatoms. The summed E-state index contributed by atoms with van der Waals surface area (Å²) in [5.74, 6) is 2.24. The molecule has 0 radical (unpaired) electrons. The summed E-state index contributed by atoms with van der Waals surface area (Å²) in [6, 6.07) is 10.1. The molecule has 0 spiro atoms. The Bertz CT molecular complexity index is 555. The van der Waals surface area contributed by atoms with E-state index in [0.717, 1.165) is 17.2 Å². The van der Waals surface area contributed by atoms with Crippen LogP contribution in [0.1, 0.15) is 44.0 Å². The van der Waals surface area contributed by atoms with Crippen molar-refractivity contribution >= 4 is 0 Å². The second-order valence-electron chi connectivity index (χ2n) is 5.71. The number of aryl methyl sites for hydroxylation is 1. The summed E-state index contributed by atoms with van der Waals surface area (Å²) >= 11 is 0. The van der Waals surface area contributed by atoms with Crippen LogP contribution in [0.25, 0.3) is 11.4 Å². The van der Waals surface area contributed by atoms with Gasteiger partial charge in [0.25, 0.3) is 0 Å². The standard InChI is InChI=1S/C16H22N4/c1-20-16(14(17)12-8-4-2-5-9-12)18-15(19-20)13-10-6-3-7-11-13/h3,6-7,10-12,14H,2,4-5,8-9,17H2,1H3. The highest BCUT2D eigenvalue weighted by atomic mass is 15.3. The van der Waals surface area contributed by atoms with E-state index in [1.165, 1.54) is 32.1 Å². The smallest absolute Gasteiger partial charge is 0.181 e. The normalized spacial score (nSPS) is 18.1. The van der Waals surface area contributed by atoms with Crippen molar-refractivity contribution in [2.75, 3.05) is 0 Å². The average molecular weight is 270 g/mol. The highest BCUT2D eigenvalue weighted by molar-refractivity contribution is 5.54. The zero-order valence-electron chi connectivity index (χ0n) is 12.0. The molecule has 1 atom stereocenters. The van der Waals surface area contributed by atoms with E-state index < -0.39 is 0 Å². The molecule has 20 heavy (non-hydrogen) atoms. The lowest BCUT2D eigenvalue weighted by Gasteiger charge is -2.26. The fraction of sp³-hybridized carbons (Fsp3) is 0.500. The minimum atomic E-state index is 0.00487. The topological polar surface area (TPSA) is 56.7 Å². The summed E-state index contributed by atoms with van der Waals surface area (Å²) in [5.41, 5.74) is 7.49. The molecular weight excluding hydrogens is 248 g/mol. The molecule has 2 N–H and O–H groups in total. The van der Waals surface area contributed by atoms with Crippen LogP contribution in [0.15, 0.2) is 30.3 Å². The maximum absolute atomic E-state index is 6.44. The van der Waals surface area contributed by atoms with Gasteiger partial charge in [0.05, 0.1) is 6.04 Å². The van der Waals surface area contributed by atoms with Crippen molar-refractivity contribution in [2.24, 2.45) is 18.7 Å². The number of nitrogens with zero attached hydrogens (tertiary/aromatic N) is 3. The van der Waals surface area contributed by atoms with E-state index in [1.54, 1.807) is 0 Å². The molecule has 1 fully saturated rings. The number of benzene rings is 1. The third kappa shape index (κ3) is 2.61. The Morgan fingerprint density at radius 2 is 1.85 bits per heavy atom. The molecule has 1 aromatic carbocycles. The molecular formula is C16H22N4. The van der Waals surface area contributed by atoms with Gasteiger partial charge in [-0.1, -0.05) is 49.6 Å². The highest BCUT2D eigenvalue weighted by Gasteiger charge is 2.26. The van der Waals surface area contributed by atoms with Crippen molar-refractivity contribution in [1.29, 1.82) is 0 Å². The summed E-state index contributed by atoms with van der Waals surface area (Å²) in [7, 11) is 1.94. The zero-order chi connectivity index (χ0) is 13.9. The van der Waals surface area contributed by atoms with Crippen LogP contribution in [0.5, 0.6) is 0 Å². The number of hydrogen-bond donors (Lipinski definition) is 1. The summed E-state index contributed by atoms with van der Waals surface area (Å²) in [6.45, 7) is 0. The number of aromatic nitrogens is 3. The van der Waals surface area contributed by atoms with Gasteiger partial charge in [-0.3, -0.25) is 4.68 Å². The fourth-order valence-corrected chi connectivity index (χ4v) is 3.10. The van der Waals surface area contributed by atoms with Crippen molar-refractivity contribution in [2.45, 2.75) is 38.1 Å². The molecule has 2 aromatic rings. The van der Waals surface area contributed by atoms with Gasteiger partial charge in [-0.2, -0.15) is 5.10 Å². The van der Waals surface area contributed by atoms with Gasteiger partial charge in [0.2, 0.25) is 0 Å². The molecule has 0 bridgehead atoms. The molecule has 3 rings (SSSR count). The van der Waals surface area contributed by atoms with Crippen molar-refractivity contribution in [3.8, 4) is 11.4 Å². The Morgan fingerprint density at radius 3 is 2.55 bits per heavy atom. The SMILES string of the molecule is Cn1nc(-c2ccccc2)nc1C(N)C1CCCCC1. The molecule has 1 heterocycles. The average Bonchev–Trinajstić information content (AvgIpc) is 2.90. The van der Waals surface area contributed by atoms with Gasteiger partial charge >= 0.3 is 0 Å². The van der Waals surface area contributed by atoms with Gasteiger partial charge in [0.1, 0.15) is 5.82 Å². The Morgan fingerprint density at radius 1 is 1.15 bits per heavy atom. The summed E-state index contributed by atoms with van der Waals surface area (Å²) in [4.78, 5) is 4.68. The Balaban J connectivity index is 1.85. The van der Waals surface area contributed by atoms with E-state index in [1.807, 2.05) is 42.1 Å². The van der Waals surface area contributed by atoms with E-state index in [-0.39, 0.29) is 6.04 Å². The largest absolute Gasteiger partial charge is 0.321 e. The fourth-order valence-electron chi connectivity index (χ4n) is 3.10. The van der Waals surface area contributed by atoms with Gasteiger partial charge < -0.3 is 5.73 Å². The van der Waals surface area contributed by atoms with Gasteiger partial charge in [0, 0.05) is 12.6 Å². The van der Waals surface area contributed by atoms with Crippen LogP contribution < -0.4 is 5.73 Å². The van der Waals surface area contributed by atoms with Crippen LogP contribution in [0, 0.1) is 5.92 Å². The van der Waals surface area contributed by atoms with Crippen molar-refractivity contribution in [3.63, 3.8) is 0 Å². The first-order chi connectivity index (χ1) is 9.75. The van der Waals surface area contributed by atoms with Crippen molar-refractivity contribution in [1.82, 2.24) is 14.8 Å². The lowest BCUT2D eigenvalue weighted by molar-refractivity contribution is 0.296. The molecule has 1 unspecified atom stereocenters. The summed E-state index contributed by atoms with van der Waals surface area (Å²) in [6.07, 6.45) is 6.37. The summed E-state index contributed by atoms with van der Waals surface area (Å²) in [5, 5.41) is 4.52. The molecule has 1 aromatic heterocycles. The van der Waals surface area contributed by atoms with Crippen LogP contribution >= 0.6 is 0 Å². The van der Waals surface area contributed by atoms with Crippen molar-refractivity contribution < 1.29 is 0 Å². The van der Waals surface area contributed by atoms with Crippen LogP contribution in [-0.4, -0.2) is 14.8 Å². The minimum Gasteiger partial charge on any atom is -0.321 e. The number of hydrogen-bond acceptors (Lipinski definition) is 3. The molecule has 0 amide bonds. The molecule has 106 valence electrons. The molecule has 4 nitrogen and oxygen atoms in total. The number of rotatable bonds is 3. The van der Waals surface area contributed by atoms with Crippen LogP contribution in [0.4, 0.5) is 0 Å². The molecule has 0 saturated heterocycles. The Labute approximate surface area is 120 Å². The van der Waals surface area contributed by atoms with E-state index in [2.05, 4.69) is 10.1 Å². The van der Waals surface area contributed by atoms with E-state index >= 15 is 0 Å². The van der Waals surface area contributed by atoms with Gasteiger partial charge in [-0.15, -0.1) is 0 Å². The van der Waals surface area contributed by atoms with Gasteiger partial charge in [-0.25, -0.2) is 4.98 Å². The maximum atomic E-state index is 6.44. The first-order valence-electron chi connectivity index (χ1n) is 7.47. The Hall–Kier alpha value is -1.68.